The van der Waals surface area contributed by atoms with E-state index in [1.165, 1.54) is 6.92 Å². The number of benzene rings is 1. The van der Waals surface area contributed by atoms with E-state index in [0.717, 1.165) is 0 Å². The summed E-state index contributed by atoms with van der Waals surface area (Å²) >= 11 is 0. The number of nitrogens with two attached hydrogens (primary N) is 2. The molecule has 0 saturated carbocycles. The molecule has 0 saturated heterocycles. The largest absolute Gasteiger partial charge is 0.480 e. The molecule has 12 heteroatoms. The van der Waals surface area contributed by atoms with Gasteiger partial charge in [-0.2, -0.15) is 0 Å². The maximum Gasteiger partial charge on any atom is 0.326 e. The van der Waals surface area contributed by atoms with Gasteiger partial charge in [0.25, 0.3) is 0 Å². The number of primary amides is 1. The standard InChI is InChI=1S/C23H35N5O7/c1-4-12(2)18(25)21(32)28-19(13(3)29)22(33)26-15(11-17(24)30)20(31)27-16(23(34)35)10-14-8-6-5-7-9-14/h5-9,12-13,15-16,18-19,29H,4,10-11,25H2,1-3H3,(H2,24,30)(H,26,33)(H,27,31)(H,28,32)(H,34,35). The van der Waals surface area contributed by atoms with Crippen LogP contribution >= 0.6 is 0 Å². The number of carboxylic acid groups (broad SMARTS) is 1. The Morgan fingerprint density at radius 3 is 1.97 bits per heavy atom. The Morgan fingerprint density at radius 2 is 1.49 bits per heavy atom. The number of amides is 4. The zero-order valence-corrected chi connectivity index (χ0v) is 20.1. The van der Waals surface area contributed by atoms with Crippen molar-refractivity contribution in [1.29, 1.82) is 0 Å². The molecular weight excluding hydrogens is 458 g/mol. The van der Waals surface area contributed by atoms with E-state index in [4.69, 9.17) is 11.5 Å². The molecule has 0 radical (unpaired) electrons. The van der Waals surface area contributed by atoms with Gasteiger partial charge in [0.1, 0.15) is 18.1 Å². The summed E-state index contributed by atoms with van der Waals surface area (Å²) in [6, 6.07) is 3.23. The lowest BCUT2D eigenvalue weighted by atomic mass is 9.98. The van der Waals surface area contributed by atoms with Gasteiger partial charge in [-0.25, -0.2) is 4.79 Å². The van der Waals surface area contributed by atoms with E-state index in [1.807, 2.05) is 6.92 Å². The number of rotatable bonds is 14. The molecule has 1 aromatic carbocycles. The van der Waals surface area contributed by atoms with Crippen LogP contribution in [-0.2, 0) is 30.4 Å². The molecule has 0 fully saturated rings. The lowest BCUT2D eigenvalue weighted by Gasteiger charge is -2.27. The monoisotopic (exact) mass is 493 g/mol. The summed E-state index contributed by atoms with van der Waals surface area (Å²) in [5.41, 5.74) is 11.7. The fraction of sp³-hybridized carbons (Fsp3) is 0.522. The zero-order chi connectivity index (χ0) is 26.7. The van der Waals surface area contributed by atoms with E-state index in [2.05, 4.69) is 16.0 Å². The van der Waals surface area contributed by atoms with Gasteiger partial charge in [0.05, 0.1) is 18.6 Å². The topological polar surface area (TPSA) is 214 Å². The number of nitrogens with one attached hydrogen (secondary N) is 3. The molecular formula is C23H35N5O7. The SMILES string of the molecule is CCC(C)C(N)C(=O)NC(C(=O)NC(CC(N)=O)C(=O)NC(Cc1ccccc1)C(=O)O)C(C)O. The number of carbonyl (C=O) groups excluding carboxylic acids is 4. The average molecular weight is 494 g/mol. The van der Waals surface area contributed by atoms with Gasteiger partial charge < -0.3 is 37.6 Å². The van der Waals surface area contributed by atoms with E-state index < -0.39 is 66.3 Å². The van der Waals surface area contributed by atoms with Gasteiger partial charge in [0, 0.05) is 6.42 Å². The molecule has 0 heterocycles. The third-order valence-corrected chi connectivity index (χ3v) is 5.56. The number of carbonyl (C=O) groups is 5. The van der Waals surface area contributed by atoms with Crippen LogP contribution in [-0.4, -0.2) is 70.1 Å². The van der Waals surface area contributed by atoms with Crippen LogP contribution in [0.4, 0.5) is 0 Å². The highest BCUT2D eigenvalue weighted by Crippen LogP contribution is 2.07. The number of aliphatic hydroxyl groups excluding tert-OH is 1. The van der Waals surface area contributed by atoms with Crippen molar-refractivity contribution in [2.24, 2.45) is 17.4 Å². The molecule has 6 unspecified atom stereocenters. The molecule has 0 spiro atoms. The van der Waals surface area contributed by atoms with Crippen molar-refractivity contribution in [1.82, 2.24) is 16.0 Å². The van der Waals surface area contributed by atoms with E-state index in [1.54, 1.807) is 37.3 Å². The Morgan fingerprint density at radius 1 is 0.914 bits per heavy atom. The minimum absolute atomic E-state index is 0.0426. The fourth-order valence-electron chi connectivity index (χ4n) is 3.16. The molecule has 0 bridgehead atoms. The van der Waals surface area contributed by atoms with Crippen LogP contribution in [0.1, 0.15) is 39.2 Å². The van der Waals surface area contributed by atoms with Crippen molar-refractivity contribution in [3.63, 3.8) is 0 Å². The van der Waals surface area contributed by atoms with Crippen molar-refractivity contribution in [2.75, 3.05) is 0 Å². The second-order valence-corrected chi connectivity index (χ2v) is 8.46. The maximum atomic E-state index is 12.8. The second kappa shape index (κ2) is 14.0. The molecule has 0 aliphatic rings. The van der Waals surface area contributed by atoms with Crippen molar-refractivity contribution >= 4 is 29.6 Å². The highest BCUT2D eigenvalue weighted by atomic mass is 16.4. The summed E-state index contributed by atoms with van der Waals surface area (Å²) in [4.78, 5) is 61.2. The quantitative estimate of drug-likeness (QED) is 0.160. The summed E-state index contributed by atoms with van der Waals surface area (Å²) < 4.78 is 0. The first kappa shape index (κ1) is 29.5. The lowest BCUT2D eigenvalue weighted by molar-refractivity contribution is -0.142. The number of carboxylic acids is 1. The Balaban J connectivity index is 2.99. The summed E-state index contributed by atoms with van der Waals surface area (Å²) in [7, 11) is 0. The van der Waals surface area contributed by atoms with Gasteiger partial charge in [0.2, 0.25) is 23.6 Å². The minimum Gasteiger partial charge on any atom is -0.480 e. The number of aliphatic carboxylic acids is 1. The van der Waals surface area contributed by atoms with E-state index >= 15 is 0 Å². The predicted octanol–water partition coefficient (Wildman–Crippen LogP) is -1.60. The third kappa shape index (κ3) is 9.71. The summed E-state index contributed by atoms with van der Waals surface area (Å²) in [6.45, 7) is 4.85. The van der Waals surface area contributed by atoms with E-state index in [9.17, 15) is 34.2 Å². The van der Waals surface area contributed by atoms with Crippen LogP contribution in [0.3, 0.4) is 0 Å². The normalized spacial score (nSPS) is 16.0. The molecule has 1 rings (SSSR count). The van der Waals surface area contributed by atoms with Crippen LogP contribution in [0.15, 0.2) is 30.3 Å². The van der Waals surface area contributed by atoms with Crippen molar-refractivity contribution < 1.29 is 34.2 Å². The highest BCUT2D eigenvalue weighted by Gasteiger charge is 2.33. The Labute approximate surface area is 203 Å². The maximum absolute atomic E-state index is 12.8. The van der Waals surface area contributed by atoms with Crippen LogP contribution in [0.2, 0.25) is 0 Å². The molecule has 0 aromatic heterocycles. The smallest absolute Gasteiger partial charge is 0.326 e. The van der Waals surface area contributed by atoms with Crippen molar-refractivity contribution in [3.05, 3.63) is 35.9 Å². The lowest BCUT2D eigenvalue weighted by Crippen LogP contribution is -2.60. The molecule has 4 amide bonds. The van der Waals surface area contributed by atoms with Crippen LogP contribution in [0.5, 0.6) is 0 Å². The summed E-state index contributed by atoms with van der Waals surface area (Å²) in [5.74, 6) is -5.06. The second-order valence-electron chi connectivity index (χ2n) is 8.46. The van der Waals surface area contributed by atoms with Gasteiger partial charge in [-0.05, 0) is 18.4 Å². The van der Waals surface area contributed by atoms with Crippen LogP contribution < -0.4 is 27.4 Å². The fourth-order valence-corrected chi connectivity index (χ4v) is 3.16. The minimum atomic E-state index is -1.54. The Hall–Kier alpha value is -3.51. The Kier molecular flexibility index (Phi) is 11.8. The van der Waals surface area contributed by atoms with Crippen LogP contribution in [0, 0.1) is 5.92 Å². The first-order valence-corrected chi connectivity index (χ1v) is 11.3. The van der Waals surface area contributed by atoms with Gasteiger partial charge in [-0.3, -0.25) is 19.2 Å². The molecule has 194 valence electrons. The molecule has 6 atom stereocenters. The first-order chi connectivity index (χ1) is 16.4. The predicted molar refractivity (Wildman–Crippen MR) is 126 cm³/mol. The third-order valence-electron chi connectivity index (χ3n) is 5.56. The molecule has 35 heavy (non-hydrogen) atoms. The van der Waals surface area contributed by atoms with Gasteiger partial charge >= 0.3 is 5.97 Å². The average Bonchev–Trinajstić information content (AvgIpc) is 2.80. The Bertz CT molecular complexity index is 894. The number of hydrogen-bond donors (Lipinski definition) is 7. The molecule has 9 N–H and O–H groups in total. The van der Waals surface area contributed by atoms with Gasteiger partial charge in [-0.15, -0.1) is 0 Å². The van der Waals surface area contributed by atoms with E-state index in [-0.39, 0.29) is 12.3 Å². The van der Waals surface area contributed by atoms with Crippen molar-refractivity contribution in [2.45, 2.75) is 70.3 Å². The first-order valence-electron chi connectivity index (χ1n) is 11.3. The molecule has 12 nitrogen and oxygen atoms in total. The molecule has 0 aliphatic heterocycles. The van der Waals surface area contributed by atoms with Crippen LogP contribution in [0.25, 0.3) is 0 Å². The molecule has 0 aliphatic carbocycles. The number of hydrogen-bond acceptors (Lipinski definition) is 7. The summed E-state index contributed by atoms with van der Waals surface area (Å²) in [5, 5.41) is 26.5. The highest BCUT2D eigenvalue weighted by molar-refractivity contribution is 5.96. The molecule has 1 aromatic rings. The summed E-state index contributed by atoms with van der Waals surface area (Å²) in [6.07, 6.45) is -1.44. The van der Waals surface area contributed by atoms with Gasteiger partial charge in [0.15, 0.2) is 0 Å². The number of aliphatic hydroxyl groups is 1. The zero-order valence-electron chi connectivity index (χ0n) is 20.1. The van der Waals surface area contributed by atoms with Gasteiger partial charge in [-0.1, -0.05) is 50.6 Å². The van der Waals surface area contributed by atoms with E-state index in [0.29, 0.717) is 12.0 Å². The van der Waals surface area contributed by atoms with Crippen molar-refractivity contribution in [3.8, 4) is 0 Å².